The number of nitrogens with one attached hydrogen (secondary N) is 1. The van der Waals surface area contributed by atoms with Gasteiger partial charge >= 0.3 is 0 Å². The Bertz CT molecular complexity index is 421. The Morgan fingerprint density at radius 1 is 1.56 bits per heavy atom. The van der Waals surface area contributed by atoms with E-state index in [0.717, 1.165) is 18.8 Å². The average Bonchev–Trinajstić information content (AvgIpc) is 2.96. The van der Waals surface area contributed by atoms with Gasteiger partial charge in [-0.05, 0) is 13.3 Å². The predicted molar refractivity (Wildman–Crippen MR) is 66.7 cm³/mol. The molecule has 0 bridgehead atoms. The second-order valence-corrected chi connectivity index (χ2v) is 4.71. The Morgan fingerprint density at radius 2 is 2.44 bits per heavy atom. The Kier molecular flexibility index (Phi) is 3.56. The van der Waals surface area contributed by atoms with Gasteiger partial charge in [-0.3, -0.25) is 4.98 Å². The van der Waals surface area contributed by atoms with Crippen LogP contribution in [-0.2, 0) is 6.54 Å². The maximum Gasteiger partial charge on any atom is 0.124 e. The third kappa shape index (κ3) is 2.41. The molecule has 0 aliphatic carbocycles. The van der Waals surface area contributed by atoms with Gasteiger partial charge < -0.3 is 5.32 Å². The Balaban J connectivity index is 2.01. The van der Waals surface area contributed by atoms with Crippen LogP contribution < -0.4 is 5.32 Å². The van der Waals surface area contributed by atoms with Gasteiger partial charge in [0.2, 0.25) is 0 Å². The van der Waals surface area contributed by atoms with Crippen molar-refractivity contribution in [1.82, 2.24) is 14.8 Å². The fourth-order valence-electron chi connectivity index (χ4n) is 1.49. The van der Waals surface area contributed by atoms with Crippen molar-refractivity contribution in [3.8, 4) is 0 Å². The molecule has 2 rings (SSSR count). The van der Waals surface area contributed by atoms with Crippen LogP contribution >= 0.6 is 11.3 Å². The van der Waals surface area contributed by atoms with Gasteiger partial charge in [-0.25, -0.2) is 4.68 Å². The van der Waals surface area contributed by atoms with Crippen molar-refractivity contribution in [2.45, 2.75) is 32.9 Å². The van der Waals surface area contributed by atoms with E-state index in [0.29, 0.717) is 6.04 Å². The third-order valence-corrected chi connectivity index (χ3v) is 3.39. The van der Waals surface area contributed by atoms with Crippen molar-refractivity contribution in [1.29, 1.82) is 0 Å². The van der Waals surface area contributed by atoms with Crippen LogP contribution in [0.3, 0.4) is 0 Å². The number of aromatic nitrogens is 3. The van der Waals surface area contributed by atoms with Crippen LogP contribution in [0.15, 0.2) is 24.0 Å². The molecule has 0 radical (unpaired) electrons. The van der Waals surface area contributed by atoms with Crippen LogP contribution in [0.25, 0.3) is 0 Å². The monoisotopic (exact) mass is 236 g/mol. The van der Waals surface area contributed by atoms with E-state index >= 15 is 0 Å². The molecule has 0 aliphatic rings. The zero-order valence-electron chi connectivity index (χ0n) is 9.55. The molecule has 1 unspecified atom stereocenters. The molecular formula is C11H16N4S. The summed E-state index contributed by atoms with van der Waals surface area (Å²) < 4.78 is 2.03. The molecule has 0 spiro atoms. The SMILES string of the molecule is CCC(C)n1nccc1NCc1cncs1. The van der Waals surface area contributed by atoms with Crippen LogP contribution in [0.1, 0.15) is 31.2 Å². The summed E-state index contributed by atoms with van der Waals surface area (Å²) >= 11 is 1.66. The van der Waals surface area contributed by atoms with Crippen molar-refractivity contribution in [2.24, 2.45) is 0 Å². The highest BCUT2D eigenvalue weighted by molar-refractivity contribution is 7.09. The molecule has 0 saturated carbocycles. The van der Waals surface area contributed by atoms with E-state index in [1.54, 1.807) is 11.3 Å². The Morgan fingerprint density at radius 3 is 3.12 bits per heavy atom. The molecule has 0 aliphatic heterocycles. The molecule has 2 aromatic heterocycles. The first-order valence-corrected chi connectivity index (χ1v) is 6.34. The van der Waals surface area contributed by atoms with Gasteiger partial charge in [0, 0.05) is 17.1 Å². The number of thiazole rings is 1. The standard InChI is InChI=1S/C11H16N4S/c1-3-9(2)15-11(4-5-14-15)13-7-10-6-12-8-16-10/h4-6,8-9,13H,3,7H2,1-2H3. The van der Waals surface area contributed by atoms with Crippen molar-refractivity contribution < 1.29 is 0 Å². The van der Waals surface area contributed by atoms with Crippen LogP contribution in [0.5, 0.6) is 0 Å². The number of nitrogens with zero attached hydrogens (tertiary/aromatic N) is 3. The van der Waals surface area contributed by atoms with Crippen LogP contribution in [0.2, 0.25) is 0 Å². The van der Waals surface area contributed by atoms with Crippen LogP contribution in [0, 0.1) is 0 Å². The molecule has 0 amide bonds. The van der Waals surface area contributed by atoms with Gasteiger partial charge in [0.25, 0.3) is 0 Å². The highest BCUT2D eigenvalue weighted by Gasteiger charge is 2.07. The molecule has 16 heavy (non-hydrogen) atoms. The molecule has 86 valence electrons. The molecule has 0 fully saturated rings. The number of anilines is 1. The predicted octanol–water partition coefficient (Wildman–Crippen LogP) is 2.92. The molecule has 1 atom stereocenters. The number of rotatable bonds is 5. The average molecular weight is 236 g/mol. The van der Waals surface area contributed by atoms with E-state index in [9.17, 15) is 0 Å². The van der Waals surface area contributed by atoms with Crippen molar-refractivity contribution in [3.63, 3.8) is 0 Å². The van der Waals surface area contributed by atoms with E-state index in [1.807, 2.05) is 28.7 Å². The van der Waals surface area contributed by atoms with E-state index in [4.69, 9.17) is 0 Å². The topological polar surface area (TPSA) is 42.7 Å². The Labute approximate surface area is 99.3 Å². The van der Waals surface area contributed by atoms with Crippen molar-refractivity contribution in [3.05, 3.63) is 28.8 Å². The second kappa shape index (κ2) is 5.12. The first-order chi connectivity index (χ1) is 7.81. The summed E-state index contributed by atoms with van der Waals surface area (Å²) in [5, 5.41) is 7.71. The smallest absolute Gasteiger partial charge is 0.124 e. The van der Waals surface area contributed by atoms with Crippen molar-refractivity contribution in [2.75, 3.05) is 5.32 Å². The van der Waals surface area contributed by atoms with Crippen molar-refractivity contribution >= 4 is 17.2 Å². The molecular weight excluding hydrogens is 220 g/mol. The fraction of sp³-hybridized carbons (Fsp3) is 0.455. The third-order valence-electron chi connectivity index (χ3n) is 2.61. The zero-order valence-corrected chi connectivity index (χ0v) is 10.4. The second-order valence-electron chi connectivity index (χ2n) is 3.74. The lowest BCUT2D eigenvalue weighted by Crippen LogP contribution is -2.11. The maximum absolute atomic E-state index is 4.33. The number of hydrogen-bond donors (Lipinski definition) is 1. The summed E-state index contributed by atoms with van der Waals surface area (Å²) in [5.41, 5.74) is 1.85. The quantitative estimate of drug-likeness (QED) is 0.868. The lowest BCUT2D eigenvalue weighted by atomic mass is 10.3. The molecule has 4 nitrogen and oxygen atoms in total. The lowest BCUT2D eigenvalue weighted by Gasteiger charge is -2.14. The highest BCUT2D eigenvalue weighted by atomic mass is 32.1. The van der Waals surface area contributed by atoms with Gasteiger partial charge in [-0.15, -0.1) is 11.3 Å². The van der Waals surface area contributed by atoms with Gasteiger partial charge in [-0.1, -0.05) is 6.92 Å². The molecule has 0 aromatic carbocycles. The molecule has 0 saturated heterocycles. The van der Waals surface area contributed by atoms with Gasteiger partial charge in [0.1, 0.15) is 5.82 Å². The lowest BCUT2D eigenvalue weighted by molar-refractivity contribution is 0.482. The first-order valence-electron chi connectivity index (χ1n) is 5.46. The summed E-state index contributed by atoms with van der Waals surface area (Å²) in [7, 11) is 0. The normalized spacial score (nSPS) is 12.6. The fourth-order valence-corrected chi connectivity index (χ4v) is 2.02. The molecule has 2 aromatic rings. The number of hydrogen-bond acceptors (Lipinski definition) is 4. The minimum atomic E-state index is 0.430. The van der Waals surface area contributed by atoms with Gasteiger partial charge in [0.15, 0.2) is 0 Å². The van der Waals surface area contributed by atoms with Crippen LogP contribution in [0.4, 0.5) is 5.82 Å². The summed E-state index contributed by atoms with van der Waals surface area (Å²) in [6.45, 7) is 5.15. The summed E-state index contributed by atoms with van der Waals surface area (Å²) in [4.78, 5) is 5.29. The minimum absolute atomic E-state index is 0.430. The highest BCUT2D eigenvalue weighted by Crippen LogP contribution is 2.17. The zero-order chi connectivity index (χ0) is 11.4. The first kappa shape index (κ1) is 11.1. The molecule has 5 heteroatoms. The van der Waals surface area contributed by atoms with Crippen LogP contribution in [-0.4, -0.2) is 14.8 Å². The summed E-state index contributed by atoms with van der Waals surface area (Å²) in [5.74, 6) is 1.07. The molecule has 2 heterocycles. The van der Waals surface area contributed by atoms with E-state index in [2.05, 4.69) is 29.2 Å². The van der Waals surface area contributed by atoms with Gasteiger partial charge in [0.05, 0.1) is 24.3 Å². The maximum atomic E-state index is 4.33. The molecule has 1 N–H and O–H groups in total. The van der Waals surface area contributed by atoms with E-state index in [1.165, 1.54) is 4.88 Å². The largest absolute Gasteiger partial charge is 0.365 e. The Hall–Kier alpha value is -1.36. The van der Waals surface area contributed by atoms with Gasteiger partial charge in [-0.2, -0.15) is 5.10 Å². The van der Waals surface area contributed by atoms with E-state index < -0.39 is 0 Å². The minimum Gasteiger partial charge on any atom is -0.365 e. The summed E-state index contributed by atoms with van der Waals surface area (Å²) in [6.07, 6.45) is 4.81. The summed E-state index contributed by atoms with van der Waals surface area (Å²) in [6, 6.07) is 2.44. The van der Waals surface area contributed by atoms with E-state index in [-0.39, 0.29) is 0 Å².